The number of esters is 1. The van der Waals surface area contributed by atoms with Gasteiger partial charge in [-0.15, -0.1) is 0 Å². The molecule has 252 valence electrons. The van der Waals surface area contributed by atoms with Crippen LogP contribution in [0.3, 0.4) is 0 Å². The summed E-state index contributed by atoms with van der Waals surface area (Å²) in [5, 5.41) is 0. The van der Waals surface area contributed by atoms with E-state index in [4.69, 9.17) is 14.2 Å². The summed E-state index contributed by atoms with van der Waals surface area (Å²) in [6, 6.07) is 12.9. The fourth-order valence-corrected chi connectivity index (χ4v) is 7.11. The molecule has 0 atom stereocenters. The van der Waals surface area contributed by atoms with Gasteiger partial charge in [0.2, 0.25) is 5.88 Å². The Morgan fingerprint density at radius 3 is 2.23 bits per heavy atom. The summed E-state index contributed by atoms with van der Waals surface area (Å²) in [6.45, 7) is 15.0. The molecular formula is C38H51N5O4. The molecule has 47 heavy (non-hydrogen) atoms. The van der Waals surface area contributed by atoms with Crippen molar-refractivity contribution in [3.8, 4) is 28.1 Å². The number of likely N-dealkylation sites (tertiary alicyclic amines) is 1. The predicted octanol–water partition coefficient (Wildman–Crippen LogP) is 5.31. The van der Waals surface area contributed by atoms with Gasteiger partial charge in [0, 0.05) is 101 Å². The molecule has 2 saturated heterocycles. The van der Waals surface area contributed by atoms with Crippen molar-refractivity contribution in [3.05, 3.63) is 66.1 Å². The lowest BCUT2D eigenvalue weighted by molar-refractivity contribution is -0.144. The van der Waals surface area contributed by atoms with Crippen molar-refractivity contribution in [2.75, 3.05) is 65.5 Å². The number of aromatic nitrogens is 2. The number of piperazine rings is 1. The monoisotopic (exact) mass is 641 g/mol. The van der Waals surface area contributed by atoms with Crippen LogP contribution in [0, 0.1) is 0 Å². The topological polar surface area (TPSA) is 80.3 Å². The third-order valence-electron chi connectivity index (χ3n) is 9.87. The van der Waals surface area contributed by atoms with E-state index in [2.05, 4.69) is 55.0 Å². The van der Waals surface area contributed by atoms with E-state index >= 15 is 0 Å². The van der Waals surface area contributed by atoms with Gasteiger partial charge in [-0.2, -0.15) is 0 Å². The van der Waals surface area contributed by atoms with Crippen LogP contribution in [-0.2, 0) is 20.7 Å². The maximum Gasteiger partial charge on any atom is 0.320 e. The molecule has 4 heterocycles. The number of rotatable bonds is 11. The molecule has 7 rings (SSSR count). The van der Waals surface area contributed by atoms with Gasteiger partial charge in [0.1, 0.15) is 6.10 Å². The average Bonchev–Trinajstić information content (AvgIpc) is 3.47. The van der Waals surface area contributed by atoms with E-state index in [0.717, 1.165) is 90.0 Å². The van der Waals surface area contributed by atoms with E-state index in [0.29, 0.717) is 31.2 Å². The molecule has 9 heteroatoms. The minimum atomic E-state index is -0.111. The quantitative estimate of drug-likeness (QED) is 0.203. The third kappa shape index (κ3) is 8.57. The molecule has 0 amide bonds. The molecule has 1 saturated carbocycles. The summed E-state index contributed by atoms with van der Waals surface area (Å²) in [6.07, 6.45) is 11.6. The zero-order chi connectivity index (χ0) is 32.6. The average molecular weight is 642 g/mol. The SMILES string of the molecule is CC.CCOC(=O)CN1CCN(CCN2CCC(OC3CC(Oc4ccc(-c5ccc6c(c5)Cc5ccncc5-6)cn4)C3)CC2)CC1. The second-order valence-corrected chi connectivity index (χ2v) is 12.9. The highest BCUT2D eigenvalue weighted by molar-refractivity contribution is 5.79. The molecule has 0 radical (unpaired) electrons. The van der Waals surface area contributed by atoms with Crippen molar-refractivity contribution in [1.29, 1.82) is 0 Å². The maximum atomic E-state index is 11.7. The van der Waals surface area contributed by atoms with Crippen LogP contribution in [0.1, 0.15) is 57.6 Å². The van der Waals surface area contributed by atoms with Crippen LogP contribution in [0.4, 0.5) is 0 Å². The lowest BCUT2D eigenvalue weighted by Gasteiger charge is -2.40. The second-order valence-electron chi connectivity index (χ2n) is 12.9. The summed E-state index contributed by atoms with van der Waals surface area (Å²) >= 11 is 0. The number of pyridine rings is 2. The zero-order valence-electron chi connectivity index (χ0n) is 28.4. The summed E-state index contributed by atoms with van der Waals surface area (Å²) in [7, 11) is 0. The van der Waals surface area contributed by atoms with Gasteiger partial charge in [0.25, 0.3) is 0 Å². The minimum Gasteiger partial charge on any atom is -0.474 e. The van der Waals surface area contributed by atoms with Crippen LogP contribution in [0.25, 0.3) is 22.3 Å². The fraction of sp³-hybridized carbons (Fsp3) is 0.553. The summed E-state index contributed by atoms with van der Waals surface area (Å²) in [5.41, 5.74) is 7.52. The number of nitrogens with zero attached hydrogens (tertiary/aromatic N) is 5. The van der Waals surface area contributed by atoms with Crippen molar-refractivity contribution in [2.45, 2.75) is 71.2 Å². The Bertz CT molecular complexity index is 1440. The molecule has 1 aromatic carbocycles. The molecule has 0 bridgehead atoms. The van der Waals surface area contributed by atoms with Crippen LogP contribution >= 0.6 is 0 Å². The lowest BCUT2D eigenvalue weighted by atomic mass is 9.91. The smallest absolute Gasteiger partial charge is 0.320 e. The highest BCUT2D eigenvalue weighted by atomic mass is 16.5. The number of carbonyl (C=O) groups excluding carboxylic acids is 1. The van der Waals surface area contributed by atoms with Crippen molar-refractivity contribution in [2.24, 2.45) is 0 Å². The number of ether oxygens (including phenoxy) is 3. The Morgan fingerprint density at radius 1 is 0.787 bits per heavy atom. The first-order valence-electron chi connectivity index (χ1n) is 17.8. The Labute approximate surface area is 280 Å². The molecule has 9 nitrogen and oxygen atoms in total. The number of fused-ring (bicyclic) bond motifs is 3. The standard InChI is InChI=1S/C36H45N5O4.C2H6/c1-2-43-36(42)25-41-17-15-40(16-18-41)14-13-39-11-8-30(9-12-39)44-31-21-32(22-31)45-35-6-4-28(23-38-35)26-3-5-33-29(19-26)20-27-7-10-37-24-34(27)33;1-2/h3-7,10,19,23-24,30-32H,2,8-9,11-18,20-22,25H2,1H3;1-2H3. The van der Waals surface area contributed by atoms with Gasteiger partial charge in [-0.05, 0) is 60.6 Å². The Kier molecular flexibility index (Phi) is 11.5. The van der Waals surface area contributed by atoms with Crippen molar-refractivity contribution in [1.82, 2.24) is 24.7 Å². The first-order chi connectivity index (χ1) is 23.1. The molecule has 4 aliphatic rings. The minimum absolute atomic E-state index is 0.111. The van der Waals surface area contributed by atoms with E-state index in [-0.39, 0.29) is 12.1 Å². The highest BCUT2D eigenvalue weighted by Gasteiger charge is 2.35. The molecular weight excluding hydrogens is 590 g/mol. The molecule has 3 fully saturated rings. The number of carbonyl (C=O) groups is 1. The fourth-order valence-electron chi connectivity index (χ4n) is 7.11. The summed E-state index contributed by atoms with van der Waals surface area (Å²) in [4.78, 5) is 28.0. The molecule has 2 aromatic heterocycles. The summed E-state index contributed by atoms with van der Waals surface area (Å²) < 4.78 is 17.7. The number of hydrogen-bond acceptors (Lipinski definition) is 9. The van der Waals surface area contributed by atoms with E-state index in [1.165, 1.54) is 27.8 Å². The summed E-state index contributed by atoms with van der Waals surface area (Å²) in [5.74, 6) is 0.579. The third-order valence-corrected chi connectivity index (χ3v) is 9.87. The van der Waals surface area contributed by atoms with Gasteiger partial charge in [-0.25, -0.2) is 4.98 Å². The number of piperidine rings is 1. The lowest BCUT2D eigenvalue weighted by Crippen LogP contribution is -2.50. The maximum absolute atomic E-state index is 11.7. The highest BCUT2D eigenvalue weighted by Crippen LogP contribution is 2.38. The van der Waals surface area contributed by atoms with Gasteiger partial charge in [0.05, 0.1) is 25.4 Å². The first-order valence-corrected chi connectivity index (χ1v) is 17.8. The van der Waals surface area contributed by atoms with Gasteiger partial charge < -0.3 is 19.1 Å². The van der Waals surface area contributed by atoms with Crippen molar-refractivity contribution >= 4 is 5.97 Å². The van der Waals surface area contributed by atoms with Gasteiger partial charge in [-0.1, -0.05) is 32.0 Å². The molecule has 3 aromatic rings. The Balaban J connectivity index is 0.00000190. The van der Waals surface area contributed by atoms with Crippen LogP contribution in [0.15, 0.2) is 55.0 Å². The van der Waals surface area contributed by atoms with Gasteiger partial charge >= 0.3 is 5.97 Å². The van der Waals surface area contributed by atoms with E-state index in [1.807, 2.05) is 45.4 Å². The van der Waals surface area contributed by atoms with Crippen molar-refractivity contribution < 1.29 is 19.0 Å². The van der Waals surface area contributed by atoms with E-state index in [9.17, 15) is 4.79 Å². The molecule has 0 N–H and O–H groups in total. The van der Waals surface area contributed by atoms with Gasteiger partial charge in [0.15, 0.2) is 0 Å². The molecule has 2 aliphatic carbocycles. The Morgan fingerprint density at radius 2 is 1.51 bits per heavy atom. The largest absolute Gasteiger partial charge is 0.474 e. The van der Waals surface area contributed by atoms with E-state index < -0.39 is 0 Å². The van der Waals surface area contributed by atoms with Gasteiger partial charge in [-0.3, -0.25) is 19.6 Å². The Hall–Kier alpha value is -3.37. The van der Waals surface area contributed by atoms with Crippen molar-refractivity contribution in [3.63, 3.8) is 0 Å². The van der Waals surface area contributed by atoms with Crippen LogP contribution in [0.5, 0.6) is 5.88 Å². The first kappa shape index (κ1) is 33.5. The number of benzene rings is 1. The predicted molar refractivity (Wildman–Crippen MR) is 185 cm³/mol. The zero-order valence-corrected chi connectivity index (χ0v) is 28.4. The normalized spacial score (nSPS) is 21.6. The number of hydrogen-bond donors (Lipinski definition) is 0. The van der Waals surface area contributed by atoms with Crippen LogP contribution in [0.2, 0.25) is 0 Å². The molecule has 0 unspecified atom stereocenters. The van der Waals surface area contributed by atoms with Crippen LogP contribution < -0.4 is 4.74 Å². The van der Waals surface area contributed by atoms with Crippen LogP contribution in [-0.4, -0.2) is 114 Å². The second kappa shape index (κ2) is 16.2. The molecule has 2 aliphatic heterocycles. The molecule has 0 spiro atoms. The van der Waals surface area contributed by atoms with E-state index in [1.54, 1.807) is 0 Å².